The van der Waals surface area contributed by atoms with Crippen molar-refractivity contribution < 1.29 is 13.9 Å². The SMILES string of the molecule is C/C(F)=C/CNC(=O)OC(C)(C)C. The monoisotopic (exact) mass is 189 g/mol. The molecular formula is C9H16FNO2. The third-order valence-electron chi connectivity index (χ3n) is 1.03. The van der Waals surface area contributed by atoms with Gasteiger partial charge >= 0.3 is 6.09 Å². The lowest BCUT2D eigenvalue weighted by Gasteiger charge is -2.19. The zero-order valence-corrected chi connectivity index (χ0v) is 8.48. The molecule has 0 atom stereocenters. The highest BCUT2D eigenvalue weighted by atomic mass is 19.1. The molecule has 3 nitrogen and oxygen atoms in total. The van der Waals surface area contributed by atoms with Gasteiger partial charge in [0.1, 0.15) is 5.60 Å². The molecule has 0 aliphatic rings. The molecule has 0 heterocycles. The maximum absolute atomic E-state index is 12.2. The predicted molar refractivity (Wildman–Crippen MR) is 49.1 cm³/mol. The second-order valence-corrected chi connectivity index (χ2v) is 3.67. The number of amides is 1. The molecule has 4 heteroatoms. The third kappa shape index (κ3) is 8.85. The minimum atomic E-state index is -0.537. The van der Waals surface area contributed by atoms with Crippen molar-refractivity contribution in [1.82, 2.24) is 5.32 Å². The average Bonchev–Trinajstić information content (AvgIpc) is 1.81. The number of hydrogen-bond donors (Lipinski definition) is 1. The fourth-order valence-corrected chi connectivity index (χ4v) is 0.589. The van der Waals surface area contributed by atoms with E-state index in [0.29, 0.717) is 0 Å². The van der Waals surface area contributed by atoms with Crippen molar-refractivity contribution in [3.8, 4) is 0 Å². The summed E-state index contributed by atoms with van der Waals surface area (Å²) < 4.78 is 17.1. The molecule has 0 spiro atoms. The van der Waals surface area contributed by atoms with Crippen molar-refractivity contribution in [2.24, 2.45) is 0 Å². The highest BCUT2D eigenvalue weighted by Crippen LogP contribution is 2.06. The summed E-state index contributed by atoms with van der Waals surface area (Å²) in [6, 6.07) is 0. The number of carbonyl (C=O) groups excluding carboxylic acids is 1. The van der Waals surface area contributed by atoms with Crippen molar-refractivity contribution >= 4 is 6.09 Å². The van der Waals surface area contributed by atoms with E-state index in [0.717, 1.165) is 0 Å². The first-order valence-electron chi connectivity index (χ1n) is 4.10. The second kappa shape index (κ2) is 4.84. The first-order chi connectivity index (χ1) is 5.81. The first kappa shape index (κ1) is 11.9. The standard InChI is InChI=1S/C9H16FNO2/c1-7(10)5-6-11-8(12)13-9(2,3)4/h5H,6H2,1-4H3,(H,11,12)/b7-5-. The van der Waals surface area contributed by atoms with E-state index in [9.17, 15) is 9.18 Å². The van der Waals surface area contributed by atoms with Crippen LogP contribution in [-0.4, -0.2) is 18.2 Å². The lowest BCUT2D eigenvalue weighted by Crippen LogP contribution is -2.32. The molecule has 0 aliphatic carbocycles. The van der Waals surface area contributed by atoms with E-state index in [-0.39, 0.29) is 12.4 Å². The van der Waals surface area contributed by atoms with Gasteiger partial charge < -0.3 is 10.1 Å². The van der Waals surface area contributed by atoms with Crippen LogP contribution in [0.15, 0.2) is 11.9 Å². The number of nitrogens with one attached hydrogen (secondary N) is 1. The van der Waals surface area contributed by atoms with Gasteiger partial charge in [-0.05, 0) is 33.8 Å². The Morgan fingerprint density at radius 2 is 2.08 bits per heavy atom. The molecule has 76 valence electrons. The smallest absolute Gasteiger partial charge is 0.407 e. The van der Waals surface area contributed by atoms with Crippen LogP contribution in [0.5, 0.6) is 0 Å². The van der Waals surface area contributed by atoms with Crippen molar-refractivity contribution in [2.45, 2.75) is 33.3 Å². The van der Waals surface area contributed by atoms with E-state index in [1.165, 1.54) is 13.0 Å². The van der Waals surface area contributed by atoms with E-state index >= 15 is 0 Å². The van der Waals surface area contributed by atoms with Crippen molar-refractivity contribution in [2.75, 3.05) is 6.54 Å². The number of alkyl carbamates (subject to hydrolysis) is 1. The second-order valence-electron chi connectivity index (χ2n) is 3.67. The van der Waals surface area contributed by atoms with Crippen molar-refractivity contribution in [1.29, 1.82) is 0 Å². The molecule has 0 rings (SSSR count). The Balaban J connectivity index is 3.71. The van der Waals surface area contributed by atoms with E-state index in [4.69, 9.17) is 4.74 Å². The molecule has 0 saturated heterocycles. The van der Waals surface area contributed by atoms with Gasteiger partial charge in [-0.1, -0.05) is 0 Å². The van der Waals surface area contributed by atoms with Gasteiger partial charge in [-0.25, -0.2) is 9.18 Å². The Hall–Kier alpha value is -1.06. The Kier molecular flexibility index (Phi) is 4.45. The summed E-state index contributed by atoms with van der Waals surface area (Å²) in [7, 11) is 0. The summed E-state index contributed by atoms with van der Waals surface area (Å²) >= 11 is 0. The Morgan fingerprint density at radius 3 is 2.46 bits per heavy atom. The highest BCUT2D eigenvalue weighted by molar-refractivity contribution is 5.67. The summed E-state index contributed by atoms with van der Waals surface area (Å²) in [6.07, 6.45) is 0.731. The summed E-state index contributed by atoms with van der Waals surface area (Å²) in [4.78, 5) is 11.0. The van der Waals surface area contributed by atoms with E-state index in [1.807, 2.05) is 0 Å². The predicted octanol–water partition coefficient (Wildman–Crippen LogP) is 2.38. The van der Waals surface area contributed by atoms with Gasteiger partial charge in [-0.15, -0.1) is 0 Å². The Morgan fingerprint density at radius 1 is 1.54 bits per heavy atom. The molecule has 13 heavy (non-hydrogen) atoms. The molecule has 0 aromatic heterocycles. The summed E-state index contributed by atoms with van der Waals surface area (Å²) in [5, 5.41) is 2.39. The number of allylic oxidation sites excluding steroid dienone is 1. The van der Waals surface area contributed by atoms with Gasteiger partial charge in [0.15, 0.2) is 0 Å². The topological polar surface area (TPSA) is 38.3 Å². The largest absolute Gasteiger partial charge is 0.444 e. The first-order valence-corrected chi connectivity index (χ1v) is 4.10. The van der Waals surface area contributed by atoms with Crippen molar-refractivity contribution in [3.63, 3.8) is 0 Å². The Labute approximate surface area is 78.0 Å². The number of carbonyl (C=O) groups is 1. The summed E-state index contributed by atoms with van der Waals surface area (Å²) in [5.41, 5.74) is -0.515. The van der Waals surface area contributed by atoms with Gasteiger partial charge in [-0.3, -0.25) is 0 Å². The molecule has 1 amide bonds. The molecule has 0 bridgehead atoms. The molecular weight excluding hydrogens is 173 g/mol. The fraction of sp³-hybridized carbons (Fsp3) is 0.667. The quantitative estimate of drug-likeness (QED) is 0.724. The van der Waals surface area contributed by atoms with Crippen LogP contribution in [0.4, 0.5) is 9.18 Å². The van der Waals surface area contributed by atoms with Gasteiger partial charge in [-0.2, -0.15) is 0 Å². The van der Waals surface area contributed by atoms with Crippen LogP contribution in [0.2, 0.25) is 0 Å². The minimum absolute atomic E-state index is 0.150. The van der Waals surface area contributed by atoms with Crippen LogP contribution >= 0.6 is 0 Å². The molecule has 0 aromatic rings. The maximum atomic E-state index is 12.2. The lowest BCUT2D eigenvalue weighted by molar-refractivity contribution is 0.0534. The maximum Gasteiger partial charge on any atom is 0.407 e. The highest BCUT2D eigenvalue weighted by Gasteiger charge is 2.14. The third-order valence-corrected chi connectivity index (χ3v) is 1.03. The number of ether oxygens (including phenoxy) is 1. The van der Waals surface area contributed by atoms with E-state index in [2.05, 4.69) is 5.32 Å². The van der Waals surface area contributed by atoms with Crippen LogP contribution in [0.25, 0.3) is 0 Å². The molecule has 1 N–H and O–H groups in total. The van der Waals surface area contributed by atoms with Gasteiger partial charge in [0, 0.05) is 6.54 Å². The average molecular weight is 189 g/mol. The fourth-order valence-electron chi connectivity index (χ4n) is 0.589. The van der Waals surface area contributed by atoms with Crippen LogP contribution in [0.1, 0.15) is 27.7 Å². The number of halogens is 1. The lowest BCUT2D eigenvalue weighted by atomic mass is 10.2. The molecule has 0 radical (unpaired) electrons. The van der Waals surface area contributed by atoms with Gasteiger partial charge in [0.25, 0.3) is 0 Å². The van der Waals surface area contributed by atoms with Crippen LogP contribution in [0.3, 0.4) is 0 Å². The summed E-state index contributed by atoms with van der Waals surface area (Å²) in [5.74, 6) is -0.323. The molecule has 0 saturated carbocycles. The van der Waals surface area contributed by atoms with Crippen LogP contribution in [-0.2, 0) is 4.74 Å². The zero-order chi connectivity index (χ0) is 10.5. The molecule has 0 fully saturated rings. The number of rotatable bonds is 2. The molecule has 0 unspecified atom stereocenters. The van der Waals surface area contributed by atoms with E-state index in [1.54, 1.807) is 20.8 Å². The van der Waals surface area contributed by atoms with Crippen LogP contribution < -0.4 is 5.32 Å². The molecule has 0 aliphatic heterocycles. The normalized spacial score (nSPS) is 12.5. The van der Waals surface area contributed by atoms with Crippen molar-refractivity contribution in [3.05, 3.63) is 11.9 Å². The van der Waals surface area contributed by atoms with Gasteiger partial charge in [0.05, 0.1) is 5.83 Å². The zero-order valence-electron chi connectivity index (χ0n) is 8.48. The summed E-state index contributed by atoms with van der Waals surface area (Å²) in [6.45, 7) is 6.77. The molecule has 0 aromatic carbocycles. The number of hydrogen-bond acceptors (Lipinski definition) is 2. The van der Waals surface area contributed by atoms with Crippen LogP contribution in [0, 0.1) is 0 Å². The van der Waals surface area contributed by atoms with E-state index < -0.39 is 11.7 Å². The minimum Gasteiger partial charge on any atom is -0.444 e. The Bertz CT molecular complexity index is 202. The van der Waals surface area contributed by atoms with Gasteiger partial charge in [0.2, 0.25) is 0 Å².